The van der Waals surface area contributed by atoms with Crippen molar-refractivity contribution in [3.05, 3.63) is 69.8 Å². The zero-order valence-electron chi connectivity index (χ0n) is 15.2. The predicted molar refractivity (Wildman–Crippen MR) is 101 cm³/mol. The Morgan fingerprint density at radius 3 is 2.85 bits per heavy atom. The maximum Gasteiger partial charge on any atom is 0.255 e. The molecule has 4 rings (SSSR count). The van der Waals surface area contributed by atoms with Gasteiger partial charge in [0.1, 0.15) is 0 Å². The van der Waals surface area contributed by atoms with E-state index in [1.165, 1.54) is 11.1 Å². The first-order chi connectivity index (χ1) is 12.6. The third-order valence-electron chi connectivity index (χ3n) is 5.77. The topological polar surface area (TPSA) is 56.1 Å². The lowest BCUT2D eigenvalue weighted by molar-refractivity contribution is 0.0629. The fourth-order valence-corrected chi connectivity index (χ4v) is 4.42. The van der Waals surface area contributed by atoms with Crippen molar-refractivity contribution in [1.82, 2.24) is 10.2 Å². The predicted octanol–water partition coefficient (Wildman–Crippen LogP) is 3.14. The van der Waals surface area contributed by atoms with Crippen molar-refractivity contribution in [1.29, 1.82) is 5.26 Å². The molecule has 1 fully saturated rings. The van der Waals surface area contributed by atoms with Crippen LogP contribution in [0, 0.1) is 18.3 Å². The number of carbonyl (C=O) groups is 1. The molecule has 0 aliphatic carbocycles. The highest BCUT2D eigenvalue weighted by molar-refractivity contribution is 5.99. The molecule has 1 N–H and O–H groups in total. The quantitative estimate of drug-likeness (QED) is 0.930. The summed E-state index contributed by atoms with van der Waals surface area (Å²) in [5.74, 6) is 0.417. The Morgan fingerprint density at radius 1 is 1.27 bits per heavy atom. The molecule has 2 atom stereocenters. The highest BCUT2D eigenvalue weighted by Crippen LogP contribution is 2.38. The summed E-state index contributed by atoms with van der Waals surface area (Å²) in [5.41, 5.74) is 5.98. The van der Waals surface area contributed by atoms with E-state index in [0.29, 0.717) is 18.0 Å². The summed E-state index contributed by atoms with van der Waals surface area (Å²) in [6.07, 6.45) is 0.979. The molecular weight excluding hydrogens is 322 g/mol. The SMILES string of the molecule is CCc1cc(C)c2c(c1)[C@H]1CNC[C@@H]1N(Cc1ccccc1C#N)C2=O. The van der Waals surface area contributed by atoms with E-state index in [4.69, 9.17) is 0 Å². The van der Waals surface area contributed by atoms with E-state index in [0.717, 1.165) is 36.2 Å². The average Bonchev–Trinajstić information content (AvgIpc) is 3.14. The fraction of sp³-hybridized carbons (Fsp3) is 0.364. The Balaban J connectivity index is 1.78. The third kappa shape index (κ3) is 2.60. The number of nitrogens with zero attached hydrogens (tertiary/aromatic N) is 2. The van der Waals surface area contributed by atoms with E-state index in [-0.39, 0.29) is 11.9 Å². The maximum atomic E-state index is 13.4. The number of carbonyl (C=O) groups excluding carboxylic acids is 1. The van der Waals surface area contributed by atoms with Crippen LogP contribution in [-0.4, -0.2) is 29.9 Å². The second kappa shape index (κ2) is 6.59. The highest BCUT2D eigenvalue weighted by Gasteiger charge is 2.43. The van der Waals surface area contributed by atoms with Crippen LogP contribution in [0.2, 0.25) is 0 Å². The van der Waals surface area contributed by atoms with Crippen LogP contribution in [0.5, 0.6) is 0 Å². The van der Waals surface area contributed by atoms with E-state index in [9.17, 15) is 10.1 Å². The van der Waals surface area contributed by atoms with Gasteiger partial charge in [-0.25, -0.2) is 0 Å². The van der Waals surface area contributed by atoms with Crippen LogP contribution in [0.4, 0.5) is 0 Å². The molecule has 2 heterocycles. The summed E-state index contributed by atoms with van der Waals surface area (Å²) in [7, 11) is 0. The first-order valence-corrected chi connectivity index (χ1v) is 9.27. The average molecular weight is 345 g/mol. The summed E-state index contributed by atoms with van der Waals surface area (Å²) >= 11 is 0. The molecule has 2 aliphatic heterocycles. The zero-order valence-corrected chi connectivity index (χ0v) is 15.2. The van der Waals surface area contributed by atoms with Gasteiger partial charge in [-0.2, -0.15) is 5.26 Å². The van der Waals surface area contributed by atoms with Crippen LogP contribution < -0.4 is 5.32 Å². The molecule has 0 bridgehead atoms. The fourth-order valence-electron chi connectivity index (χ4n) is 4.42. The minimum absolute atomic E-state index is 0.0952. The smallest absolute Gasteiger partial charge is 0.255 e. The minimum Gasteiger partial charge on any atom is -0.329 e. The second-order valence-corrected chi connectivity index (χ2v) is 7.26. The molecule has 4 nitrogen and oxygen atoms in total. The maximum absolute atomic E-state index is 13.4. The number of amides is 1. The van der Waals surface area contributed by atoms with Crippen molar-refractivity contribution in [2.45, 2.75) is 38.8 Å². The summed E-state index contributed by atoms with van der Waals surface area (Å²) in [5, 5.41) is 12.9. The van der Waals surface area contributed by atoms with Gasteiger partial charge in [0.2, 0.25) is 0 Å². The first kappa shape index (κ1) is 16.8. The van der Waals surface area contributed by atoms with E-state index in [1.807, 2.05) is 36.1 Å². The molecule has 0 unspecified atom stereocenters. The Morgan fingerprint density at radius 2 is 2.08 bits per heavy atom. The molecule has 2 aliphatic rings. The van der Waals surface area contributed by atoms with Gasteiger partial charge in [0, 0.05) is 31.1 Å². The molecule has 132 valence electrons. The van der Waals surface area contributed by atoms with Crippen molar-refractivity contribution < 1.29 is 4.79 Å². The molecule has 1 amide bonds. The number of nitriles is 1. The van der Waals surface area contributed by atoms with Gasteiger partial charge in [-0.15, -0.1) is 0 Å². The van der Waals surface area contributed by atoms with Gasteiger partial charge in [0.15, 0.2) is 0 Å². The number of nitrogens with one attached hydrogen (secondary N) is 1. The molecule has 0 saturated carbocycles. The van der Waals surface area contributed by atoms with Crippen molar-refractivity contribution in [3.8, 4) is 6.07 Å². The summed E-state index contributed by atoms with van der Waals surface area (Å²) in [4.78, 5) is 15.4. The Kier molecular flexibility index (Phi) is 4.26. The lowest BCUT2D eigenvalue weighted by Crippen LogP contribution is -2.48. The lowest BCUT2D eigenvalue weighted by Gasteiger charge is -2.39. The van der Waals surface area contributed by atoms with Crippen LogP contribution in [0.15, 0.2) is 36.4 Å². The summed E-state index contributed by atoms with van der Waals surface area (Å²) in [6, 6.07) is 14.3. The molecular formula is C22H23N3O. The summed E-state index contributed by atoms with van der Waals surface area (Å²) < 4.78 is 0. The number of rotatable bonds is 3. The monoisotopic (exact) mass is 345 g/mol. The van der Waals surface area contributed by atoms with Crippen molar-refractivity contribution >= 4 is 5.91 Å². The van der Waals surface area contributed by atoms with E-state index in [1.54, 1.807) is 0 Å². The van der Waals surface area contributed by atoms with Crippen LogP contribution in [0.3, 0.4) is 0 Å². The second-order valence-electron chi connectivity index (χ2n) is 7.26. The van der Waals surface area contributed by atoms with Crippen molar-refractivity contribution in [2.24, 2.45) is 0 Å². The molecule has 4 heteroatoms. The van der Waals surface area contributed by atoms with Gasteiger partial charge in [-0.05, 0) is 41.7 Å². The molecule has 2 aromatic carbocycles. The summed E-state index contributed by atoms with van der Waals surface area (Å²) in [6.45, 7) is 6.38. The van der Waals surface area contributed by atoms with Gasteiger partial charge in [-0.1, -0.05) is 37.3 Å². The number of hydrogen-bond donors (Lipinski definition) is 1. The normalized spacial score (nSPS) is 21.3. The van der Waals surface area contributed by atoms with Crippen LogP contribution >= 0.6 is 0 Å². The first-order valence-electron chi connectivity index (χ1n) is 9.27. The Bertz CT molecular complexity index is 912. The van der Waals surface area contributed by atoms with E-state index >= 15 is 0 Å². The Hall–Kier alpha value is -2.64. The molecule has 0 spiro atoms. The molecule has 0 radical (unpaired) electrons. The third-order valence-corrected chi connectivity index (χ3v) is 5.77. The minimum atomic E-state index is 0.0952. The molecule has 2 aromatic rings. The van der Waals surface area contributed by atoms with Crippen molar-refractivity contribution in [2.75, 3.05) is 13.1 Å². The van der Waals surface area contributed by atoms with E-state index in [2.05, 4.69) is 30.4 Å². The Labute approximate surface area is 154 Å². The molecule has 1 saturated heterocycles. The van der Waals surface area contributed by atoms with Crippen LogP contribution in [-0.2, 0) is 13.0 Å². The van der Waals surface area contributed by atoms with Gasteiger partial charge in [0.25, 0.3) is 5.91 Å². The standard InChI is InChI=1S/C22H23N3O/c1-3-15-8-14(2)21-18(9-15)19-11-24-12-20(19)25(22(21)26)13-17-7-5-4-6-16(17)10-23/h4-9,19-20,24H,3,11-13H2,1-2H3/t19-,20+/m1/s1. The van der Waals surface area contributed by atoms with Crippen LogP contribution in [0.1, 0.15) is 51.0 Å². The molecule has 26 heavy (non-hydrogen) atoms. The van der Waals surface area contributed by atoms with Gasteiger partial charge < -0.3 is 10.2 Å². The number of benzene rings is 2. The number of hydrogen-bond acceptors (Lipinski definition) is 3. The zero-order chi connectivity index (χ0) is 18.3. The van der Waals surface area contributed by atoms with Gasteiger partial charge >= 0.3 is 0 Å². The highest BCUT2D eigenvalue weighted by atomic mass is 16.2. The number of fused-ring (bicyclic) bond motifs is 3. The largest absolute Gasteiger partial charge is 0.329 e. The van der Waals surface area contributed by atoms with Crippen LogP contribution in [0.25, 0.3) is 0 Å². The number of aryl methyl sites for hydroxylation is 2. The van der Waals surface area contributed by atoms with Crippen molar-refractivity contribution in [3.63, 3.8) is 0 Å². The van der Waals surface area contributed by atoms with E-state index < -0.39 is 0 Å². The lowest BCUT2D eigenvalue weighted by atomic mass is 9.81. The van der Waals surface area contributed by atoms with Gasteiger partial charge in [-0.3, -0.25) is 4.79 Å². The molecule has 0 aromatic heterocycles. The van der Waals surface area contributed by atoms with Gasteiger partial charge in [0.05, 0.1) is 17.7 Å².